The van der Waals surface area contributed by atoms with Gasteiger partial charge >= 0.3 is 12.2 Å². The lowest BCUT2D eigenvalue weighted by Gasteiger charge is -2.33. The molecular weight excluding hydrogens is 427 g/mol. The molecule has 0 spiro atoms. The molecule has 0 saturated heterocycles. The van der Waals surface area contributed by atoms with Gasteiger partial charge in [-0.1, -0.05) is 19.3 Å². The smallest absolute Gasteiger partial charge is 0.277 e. The molecule has 0 fully saturated rings. The maximum Gasteiger partial charge on any atom is 0.389 e. The monoisotopic (exact) mass is 445 g/mol. The van der Waals surface area contributed by atoms with Crippen LogP contribution in [-0.2, 0) is 0 Å². The lowest BCUT2D eigenvalue weighted by Crippen LogP contribution is -2.49. The molecule has 0 heterocycles. The average Bonchev–Trinajstić information content (AvgIpc) is 2.63. The first kappa shape index (κ1) is 25.3. The SMILES string of the molecule is Cc1c(F)c(F)c(F)c(N(CF)C(F)(F)C(F)CCCCCCC(F)(F)F)c1F. The number of alkyl halides is 7. The second-order valence-electron chi connectivity index (χ2n) is 6.40. The van der Waals surface area contributed by atoms with Gasteiger partial charge in [-0.15, -0.1) is 0 Å². The number of nitrogens with zero attached hydrogens (tertiary/aromatic N) is 1. The van der Waals surface area contributed by atoms with Crippen molar-refractivity contribution in [3.05, 3.63) is 28.8 Å². The van der Waals surface area contributed by atoms with Gasteiger partial charge in [0.2, 0.25) is 0 Å². The molecule has 0 N–H and O–H groups in total. The van der Waals surface area contributed by atoms with Crippen molar-refractivity contribution < 1.29 is 48.3 Å². The van der Waals surface area contributed by atoms with Crippen molar-refractivity contribution in [1.82, 2.24) is 0 Å². The van der Waals surface area contributed by atoms with E-state index < -0.39 is 77.5 Å². The van der Waals surface area contributed by atoms with Crippen LogP contribution in [0.3, 0.4) is 0 Å². The van der Waals surface area contributed by atoms with E-state index in [0.29, 0.717) is 6.92 Å². The fraction of sp³-hybridized carbons (Fsp3) is 0.647. The number of rotatable bonds is 10. The van der Waals surface area contributed by atoms with E-state index in [2.05, 4.69) is 0 Å². The predicted molar refractivity (Wildman–Crippen MR) is 83.1 cm³/mol. The molecule has 0 aromatic heterocycles. The molecule has 0 amide bonds. The van der Waals surface area contributed by atoms with E-state index in [1.54, 1.807) is 0 Å². The summed E-state index contributed by atoms with van der Waals surface area (Å²) in [5, 5.41) is 0. The molecule has 0 bridgehead atoms. The third kappa shape index (κ3) is 6.11. The van der Waals surface area contributed by atoms with Crippen molar-refractivity contribution in [3.8, 4) is 0 Å². The van der Waals surface area contributed by atoms with Gasteiger partial charge in [-0.05, 0) is 19.8 Å². The molecule has 1 atom stereocenters. The summed E-state index contributed by atoms with van der Waals surface area (Å²) in [5.74, 6) is -8.78. The van der Waals surface area contributed by atoms with Gasteiger partial charge in [0.15, 0.2) is 36.2 Å². The maximum atomic E-state index is 14.2. The first-order valence-electron chi connectivity index (χ1n) is 8.50. The minimum absolute atomic E-state index is 0.0315. The molecule has 0 radical (unpaired) electrons. The van der Waals surface area contributed by atoms with E-state index in [0.717, 1.165) is 0 Å². The van der Waals surface area contributed by atoms with E-state index >= 15 is 0 Å². The summed E-state index contributed by atoms with van der Waals surface area (Å²) in [6.07, 6.45) is -10.3. The summed E-state index contributed by atoms with van der Waals surface area (Å²) in [4.78, 5) is -0.985. The van der Waals surface area contributed by atoms with Crippen LogP contribution in [0.25, 0.3) is 0 Å². The van der Waals surface area contributed by atoms with Gasteiger partial charge in [-0.25, -0.2) is 26.3 Å². The summed E-state index contributed by atoms with van der Waals surface area (Å²) < 4.78 is 146. The second kappa shape index (κ2) is 9.84. The Labute approximate surface area is 159 Å². The van der Waals surface area contributed by atoms with Crippen LogP contribution in [0.1, 0.15) is 44.1 Å². The Balaban J connectivity index is 2.89. The van der Waals surface area contributed by atoms with Crippen LogP contribution in [0.4, 0.5) is 54.0 Å². The molecule has 168 valence electrons. The summed E-state index contributed by atoms with van der Waals surface area (Å²) in [7, 11) is 0. The van der Waals surface area contributed by atoms with Crippen LogP contribution < -0.4 is 4.90 Å². The maximum absolute atomic E-state index is 14.2. The molecule has 1 aromatic carbocycles. The van der Waals surface area contributed by atoms with Gasteiger partial charge in [0.25, 0.3) is 0 Å². The minimum atomic E-state index is -4.83. The molecule has 1 nitrogen and oxygen atoms in total. The van der Waals surface area contributed by atoms with Crippen molar-refractivity contribution in [3.63, 3.8) is 0 Å². The highest BCUT2D eigenvalue weighted by Gasteiger charge is 2.48. The number of halogens is 11. The van der Waals surface area contributed by atoms with Gasteiger partial charge < -0.3 is 0 Å². The number of hydrogen-bond acceptors (Lipinski definition) is 1. The van der Waals surface area contributed by atoms with Crippen molar-refractivity contribution in [2.75, 3.05) is 11.7 Å². The predicted octanol–water partition coefficient (Wildman–Crippen LogP) is 7.12. The number of hydrogen-bond donors (Lipinski definition) is 0. The summed E-state index contributed by atoms with van der Waals surface area (Å²) in [6.45, 7) is -1.73. The highest BCUT2D eigenvalue weighted by atomic mass is 19.4. The highest BCUT2D eigenvalue weighted by molar-refractivity contribution is 5.53. The lowest BCUT2D eigenvalue weighted by atomic mass is 10.1. The zero-order valence-electron chi connectivity index (χ0n) is 15.1. The molecule has 12 heteroatoms. The summed E-state index contributed by atoms with van der Waals surface area (Å²) in [5.41, 5.74) is -3.16. The number of unbranched alkanes of at least 4 members (excludes halogenated alkanes) is 3. The van der Waals surface area contributed by atoms with E-state index in [1.807, 2.05) is 0 Å². The molecule has 1 unspecified atom stereocenters. The number of benzene rings is 1. The molecular formula is C17H18F11N. The van der Waals surface area contributed by atoms with E-state index in [1.165, 1.54) is 0 Å². The zero-order valence-corrected chi connectivity index (χ0v) is 15.1. The Morgan fingerprint density at radius 3 is 1.86 bits per heavy atom. The van der Waals surface area contributed by atoms with Crippen molar-refractivity contribution in [2.45, 2.75) is 63.8 Å². The summed E-state index contributed by atoms with van der Waals surface area (Å²) in [6, 6.07) is -4.83. The van der Waals surface area contributed by atoms with Gasteiger partial charge in [0.05, 0.1) is 0 Å². The molecule has 0 aliphatic carbocycles. The first-order chi connectivity index (χ1) is 13.3. The van der Waals surface area contributed by atoms with E-state index in [4.69, 9.17) is 0 Å². The minimum Gasteiger partial charge on any atom is -0.277 e. The topological polar surface area (TPSA) is 3.24 Å². The third-order valence-electron chi connectivity index (χ3n) is 4.25. The fourth-order valence-electron chi connectivity index (χ4n) is 2.61. The Bertz CT molecular complexity index is 658. The van der Waals surface area contributed by atoms with Gasteiger partial charge in [0, 0.05) is 12.0 Å². The van der Waals surface area contributed by atoms with Gasteiger partial charge in [-0.3, -0.25) is 4.90 Å². The largest absolute Gasteiger partial charge is 0.389 e. The Kier molecular flexibility index (Phi) is 8.58. The van der Waals surface area contributed by atoms with Crippen molar-refractivity contribution in [1.29, 1.82) is 0 Å². The van der Waals surface area contributed by atoms with Crippen LogP contribution in [-0.4, -0.2) is 25.2 Å². The van der Waals surface area contributed by atoms with Crippen LogP contribution >= 0.6 is 0 Å². The van der Waals surface area contributed by atoms with Crippen molar-refractivity contribution >= 4 is 5.69 Å². The third-order valence-corrected chi connectivity index (χ3v) is 4.25. The van der Waals surface area contributed by atoms with Crippen LogP contribution in [0.2, 0.25) is 0 Å². The second-order valence-corrected chi connectivity index (χ2v) is 6.40. The Morgan fingerprint density at radius 2 is 1.34 bits per heavy atom. The van der Waals surface area contributed by atoms with E-state index in [9.17, 15) is 48.3 Å². The summed E-state index contributed by atoms with van der Waals surface area (Å²) >= 11 is 0. The van der Waals surface area contributed by atoms with Gasteiger partial charge in [-0.2, -0.15) is 22.0 Å². The highest BCUT2D eigenvalue weighted by Crippen LogP contribution is 2.39. The van der Waals surface area contributed by atoms with Crippen LogP contribution in [0.15, 0.2) is 0 Å². The van der Waals surface area contributed by atoms with Crippen LogP contribution in [0.5, 0.6) is 0 Å². The Hall–Kier alpha value is -1.75. The normalized spacial score (nSPS) is 13.7. The van der Waals surface area contributed by atoms with E-state index in [-0.39, 0.29) is 25.7 Å². The quantitative estimate of drug-likeness (QED) is 0.122. The average molecular weight is 445 g/mol. The standard InChI is InChI=1S/C17H18F11N/c1-9-11(20)13(22)14(23)15(12(9)21)29(8-18)17(27,28)10(19)6-4-2-3-5-7-16(24,25)26/h10H,2-8H2,1H3. The van der Waals surface area contributed by atoms with Gasteiger partial charge in [0.1, 0.15) is 5.69 Å². The molecule has 1 aromatic rings. The van der Waals surface area contributed by atoms with Crippen molar-refractivity contribution in [2.24, 2.45) is 0 Å². The zero-order chi connectivity index (χ0) is 22.6. The number of anilines is 1. The lowest BCUT2D eigenvalue weighted by molar-refractivity contribution is -0.135. The molecule has 0 aliphatic rings. The molecule has 1 rings (SSSR count). The fourth-order valence-corrected chi connectivity index (χ4v) is 2.61. The first-order valence-corrected chi connectivity index (χ1v) is 8.50. The Morgan fingerprint density at radius 1 is 0.793 bits per heavy atom. The molecule has 0 aliphatic heterocycles. The van der Waals surface area contributed by atoms with Crippen LogP contribution in [0, 0.1) is 30.2 Å². The molecule has 0 saturated carbocycles. The molecule has 29 heavy (non-hydrogen) atoms.